The molecule has 0 bridgehead atoms. The van der Waals surface area contributed by atoms with Crippen LogP contribution in [-0.2, 0) is 19.1 Å². The van der Waals surface area contributed by atoms with Gasteiger partial charge >= 0.3 is 5.97 Å². The van der Waals surface area contributed by atoms with Gasteiger partial charge in [-0.1, -0.05) is 31.6 Å². The van der Waals surface area contributed by atoms with Gasteiger partial charge in [-0.15, -0.1) is 0 Å². The Hall–Kier alpha value is -1.42. The first kappa shape index (κ1) is 22.8. The first-order chi connectivity index (χ1) is 14.4. The van der Waals surface area contributed by atoms with Crippen molar-refractivity contribution < 1.29 is 19.1 Å². The lowest BCUT2D eigenvalue weighted by Crippen LogP contribution is -2.60. The molecule has 0 aromatic carbocycles. The third-order valence-electron chi connectivity index (χ3n) is 9.38. The average Bonchev–Trinajstić information content (AvgIpc) is 2.94. The topological polar surface area (TPSA) is 52.6 Å². The number of allylic oxidation sites excluding steroid dienone is 4. The van der Waals surface area contributed by atoms with E-state index in [1.54, 1.807) is 26.3 Å². The molecule has 0 aliphatic heterocycles. The molecule has 2 fully saturated rings. The zero-order valence-electron chi connectivity index (χ0n) is 20.5. The van der Waals surface area contributed by atoms with Crippen molar-refractivity contribution in [1.29, 1.82) is 0 Å². The zero-order chi connectivity index (χ0) is 22.8. The van der Waals surface area contributed by atoms with E-state index >= 15 is 0 Å². The molecule has 0 saturated heterocycles. The molecule has 0 unspecified atom stereocenters. The Balaban J connectivity index is 1.74. The van der Waals surface area contributed by atoms with Gasteiger partial charge in [0.05, 0.1) is 0 Å². The highest BCUT2D eigenvalue weighted by Crippen LogP contribution is 2.68. The number of carbonyl (C=O) groups is 2. The molecule has 4 aliphatic carbocycles. The largest absolute Gasteiger partial charge is 0.434 e. The van der Waals surface area contributed by atoms with Crippen molar-refractivity contribution in [2.45, 2.75) is 105 Å². The third-order valence-corrected chi connectivity index (χ3v) is 9.38. The van der Waals surface area contributed by atoms with Gasteiger partial charge in [-0.25, -0.2) is 0 Å². The molecule has 0 heterocycles. The molecule has 0 aromatic rings. The smallest absolute Gasteiger partial charge is 0.305 e. The fraction of sp³-hybridized carbons (Fsp3) is 0.778. The van der Waals surface area contributed by atoms with Crippen LogP contribution in [0.2, 0.25) is 0 Å². The first-order valence-electron chi connectivity index (χ1n) is 12.2. The highest BCUT2D eigenvalue weighted by atomic mass is 16.7. The van der Waals surface area contributed by atoms with E-state index < -0.39 is 11.4 Å². The molecule has 4 nitrogen and oxygen atoms in total. The lowest BCUT2D eigenvalue weighted by atomic mass is 9.47. The van der Waals surface area contributed by atoms with Crippen LogP contribution in [0.15, 0.2) is 23.3 Å². The molecular weight excluding hydrogens is 388 g/mol. The van der Waals surface area contributed by atoms with Gasteiger partial charge in [-0.05, 0) is 87.5 Å². The van der Waals surface area contributed by atoms with Crippen LogP contribution in [-0.4, -0.2) is 23.1 Å². The van der Waals surface area contributed by atoms with E-state index in [1.807, 2.05) is 0 Å². The van der Waals surface area contributed by atoms with Crippen molar-refractivity contribution in [3.63, 3.8) is 0 Å². The van der Waals surface area contributed by atoms with Crippen LogP contribution in [0, 0.1) is 28.6 Å². The highest BCUT2D eigenvalue weighted by molar-refractivity contribution is 5.86. The van der Waals surface area contributed by atoms with Gasteiger partial charge < -0.3 is 9.47 Å². The van der Waals surface area contributed by atoms with E-state index in [9.17, 15) is 9.59 Å². The van der Waals surface area contributed by atoms with Crippen LogP contribution in [0.1, 0.15) is 93.4 Å². The Morgan fingerprint density at radius 1 is 1.06 bits per heavy atom. The summed E-state index contributed by atoms with van der Waals surface area (Å²) >= 11 is 0. The van der Waals surface area contributed by atoms with E-state index in [4.69, 9.17) is 9.47 Å². The van der Waals surface area contributed by atoms with Gasteiger partial charge in [0.2, 0.25) is 5.79 Å². The Labute approximate surface area is 187 Å². The Morgan fingerprint density at radius 2 is 1.74 bits per heavy atom. The van der Waals surface area contributed by atoms with E-state index in [2.05, 4.69) is 32.9 Å². The van der Waals surface area contributed by atoms with E-state index in [0.29, 0.717) is 24.2 Å². The molecular formula is C27H40O4. The molecule has 0 N–H and O–H groups in total. The molecule has 4 heteroatoms. The molecule has 172 valence electrons. The van der Waals surface area contributed by atoms with Crippen LogP contribution in [0.4, 0.5) is 0 Å². The van der Waals surface area contributed by atoms with Crippen molar-refractivity contribution in [2.75, 3.05) is 0 Å². The highest BCUT2D eigenvalue weighted by Gasteiger charge is 2.67. The monoisotopic (exact) mass is 428 g/mol. The number of hydrogen-bond donors (Lipinski definition) is 0. The lowest BCUT2D eigenvalue weighted by Gasteiger charge is -2.59. The standard InChI is InChI=1S/C27H40O4/c1-17-16-20-22(25(6)13-9-8-10-21(17)25)11-14-26(7)23(20)12-15-27(26,18(2)28)31-24(4,5)30-19(3)29/h10,16,20,22-23H,8-9,11-15H2,1-7H3/t20-,22+,23+,25+,26+,27+/m1/s1. The van der Waals surface area contributed by atoms with Crippen molar-refractivity contribution in [3.8, 4) is 0 Å². The Morgan fingerprint density at radius 3 is 2.39 bits per heavy atom. The predicted octanol–water partition coefficient (Wildman–Crippen LogP) is 6.15. The molecule has 0 amide bonds. The molecule has 4 aliphatic rings. The SMILES string of the molecule is CC(=O)OC(C)(C)O[C@]1(C(C)=O)CC[C@H]2[C@@H]3C=C(C)C4=CCCC[C@]4(C)[C@H]3CC[C@@]21C. The number of carbonyl (C=O) groups excluding carboxylic acids is 2. The second-order valence-electron chi connectivity index (χ2n) is 11.5. The summed E-state index contributed by atoms with van der Waals surface area (Å²) in [5.41, 5.74) is 2.09. The number of Topliss-reactive ketones (excluding diaryl/α,β-unsaturated/α-hetero) is 1. The van der Waals surface area contributed by atoms with Crippen molar-refractivity contribution in [1.82, 2.24) is 0 Å². The first-order valence-corrected chi connectivity index (χ1v) is 12.2. The number of rotatable bonds is 4. The maximum absolute atomic E-state index is 13.2. The number of hydrogen-bond acceptors (Lipinski definition) is 4. The molecule has 2 saturated carbocycles. The maximum atomic E-state index is 13.2. The van der Waals surface area contributed by atoms with Gasteiger partial charge in [0.1, 0.15) is 5.60 Å². The minimum Gasteiger partial charge on any atom is -0.434 e. The minimum atomic E-state index is -1.13. The summed E-state index contributed by atoms with van der Waals surface area (Å²) in [6.07, 6.45) is 12.5. The summed E-state index contributed by atoms with van der Waals surface area (Å²) in [5, 5.41) is 0. The average molecular weight is 429 g/mol. The summed E-state index contributed by atoms with van der Waals surface area (Å²) in [7, 11) is 0. The normalized spacial score (nSPS) is 42.0. The summed E-state index contributed by atoms with van der Waals surface area (Å²) in [4.78, 5) is 24.9. The van der Waals surface area contributed by atoms with Gasteiger partial charge in [-0.3, -0.25) is 9.59 Å². The van der Waals surface area contributed by atoms with Crippen LogP contribution < -0.4 is 0 Å². The lowest BCUT2D eigenvalue weighted by molar-refractivity contribution is -0.278. The number of fused-ring (bicyclic) bond motifs is 5. The van der Waals surface area contributed by atoms with Crippen LogP contribution in [0.3, 0.4) is 0 Å². The number of esters is 1. The number of ether oxygens (including phenoxy) is 2. The predicted molar refractivity (Wildman–Crippen MR) is 121 cm³/mol. The Bertz CT molecular complexity index is 851. The fourth-order valence-electron chi connectivity index (χ4n) is 8.23. The maximum Gasteiger partial charge on any atom is 0.305 e. The van der Waals surface area contributed by atoms with Crippen LogP contribution in [0.5, 0.6) is 0 Å². The second-order valence-corrected chi connectivity index (χ2v) is 11.5. The van der Waals surface area contributed by atoms with Crippen LogP contribution >= 0.6 is 0 Å². The molecule has 31 heavy (non-hydrogen) atoms. The minimum absolute atomic E-state index is 0.0668. The van der Waals surface area contributed by atoms with E-state index in [-0.39, 0.29) is 22.6 Å². The van der Waals surface area contributed by atoms with E-state index in [0.717, 1.165) is 19.3 Å². The summed E-state index contributed by atoms with van der Waals surface area (Å²) in [6.45, 7) is 13.6. The van der Waals surface area contributed by atoms with Gasteiger partial charge in [0.25, 0.3) is 0 Å². The second kappa shape index (κ2) is 7.30. The van der Waals surface area contributed by atoms with Gasteiger partial charge in [-0.2, -0.15) is 0 Å². The zero-order valence-corrected chi connectivity index (χ0v) is 20.5. The van der Waals surface area contributed by atoms with Crippen LogP contribution in [0.25, 0.3) is 0 Å². The molecule has 0 radical (unpaired) electrons. The summed E-state index contributed by atoms with van der Waals surface area (Å²) in [5.74, 6) is 0.0550. The fourth-order valence-corrected chi connectivity index (χ4v) is 8.23. The quantitative estimate of drug-likeness (QED) is 0.398. The van der Waals surface area contributed by atoms with Gasteiger partial charge in [0.15, 0.2) is 5.78 Å². The van der Waals surface area contributed by atoms with E-state index in [1.165, 1.54) is 31.8 Å². The summed E-state index contributed by atoms with van der Waals surface area (Å²) in [6, 6.07) is 0. The Kier molecular flexibility index (Phi) is 5.36. The van der Waals surface area contributed by atoms with Gasteiger partial charge in [0, 0.05) is 26.2 Å². The van der Waals surface area contributed by atoms with Crippen molar-refractivity contribution in [3.05, 3.63) is 23.3 Å². The third kappa shape index (κ3) is 3.27. The van der Waals surface area contributed by atoms with Crippen molar-refractivity contribution in [2.24, 2.45) is 28.6 Å². The van der Waals surface area contributed by atoms with Crippen molar-refractivity contribution >= 4 is 11.8 Å². The molecule has 0 aromatic heterocycles. The molecule has 4 rings (SSSR count). The molecule has 6 atom stereocenters. The molecule has 0 spiro atoms. The number of ketones is 1. The summed E-state index contributed by atoms with van der Waals surface area (Å²) < 4.78 is 12.0.